The van der Waals surface area contributed by atoms with Crippen LogP contribution in [-0.4, -0.2) is 16.5 Å². The maximum atomic E-state index is 5.71. The van der Waals surface area contributed by atoms with E-state index in [4.69, 9.17) is 5.73 Å². The standard InChI is InChI=1S/C10H15N3/c1-7-12-6-9-4-2-3-8(5-11)10(9)13-7/h6,8H,2-5,11H2,1H3. The van der Waals surface area contributed by atoms with Crippen LogP contribution < -0.4 is 5.73 Å². The fourth-order valence-corrected chi connectivity index (χ4v) is 1.96. The minimum absolute atomic E-state index is 0.463. The van der Waals surface area contributed by atoms with Gasteiger partial charge in [0.15, 0.2) is 0 Å². The van der Waals surface area contributed by atoms with Crippen LogP contribution in [0.1, 0.15) is 35.8 Å². The van der Waals surface area contributed by atoms with Crippen molar-refractivity contribution >= 4 is 0 Å². The van der Waals surface area contributed by atoms with E-state index in [0.29, 0.717) is 12.5 Å². The third-order valence-electron chi connectivity index (χ3n) is 2.69. The van der Waals surface area contributed by atoms with Gasteiger partial charge in [0, 0.05) is 18.7 Å². The minimum Gasteiger partial charge on any atom is -0.330 e. The lowest BCUT2D eigenvalue weighted by Gasteiger charge is -2.22. The van der Waals surface area contributed by atoms with Crippen LogP contribution in [0.3, 0.4) is 0 Å². The predicted molar refractivity (Wildman–Crippen MR) is 51.5 cm³/mol. The molecule has 3 nitrogen and oxygen atoms in total. The monoisotopic (exact) mass is 177 g/mol. The highest BCUT2D eigenvalue weighted by atomic mass is 14.9. The third kappa shape index (κ3) is 1.56. The number of rotatable bonds is 1. The Balaban J connectivity index is 2.41. The number of nitrogens with zero attached hydrogens (tertiary/aromatic N) is 2. The summed E-state index contributed by atoms with van der Waals surface area (Å²) in [4.78, 5) is 8.68. The highest BCUT2D eigenvalue weighted by Crippen LogP contribution is 2.28. The van der Waals surface area contributed by atoms with Crippen molar-refractivity contribution in [1.82, 2.24) is 9.97 Å². The second-order valence-corrected chi connectivity index (χ2v) is 3.65. The van der Waals surface area contributed by atoms with Gasteiger partial charge in [0.1, 0.15) is 5.82 Å². The van der Waals surface area contributed by atoms with Crippen LogP contribution in [0.15, 0.2) is 6.20 Å². The van der Waals surface area contributed by atoms with Gasteiger partial charge in [-0.15, -0.1) is 0 Å². The number of nitrogens with two attached hydrogens (primary N) is 1. The summed E-state index contributed by atoms with van der Waals surface area (Å²) in [6.07, 6.45) is 5.48. The molecule has 1 aliphatic carbocycles. The second-order valence-electron chi connectivity index (χ2n) is 3.65. The van der Waals surface area contributed by atoms with Crippen molar-refractivity contribution in [3.8, 4) is 0 Å². The molecule has 0 amide bonds. The van der Waals surface area contributed by atoms with Crippen molar-refractivity contribution in [1.29, 1.82) is 0 Å². The summed E-state index contributed by atoms with van der Waals surface area (Å²) in [5.74, 6) is 1.32. The largest absolute Gasteiger partial charge is 0.330 e. The van der Waals surface area contributed by atoms with Gasteiger partial charge in [0.05, 0.1) is 5.69 Å². The van der Waals surface area contributed by atoms with Gasteiger partial charge in [0.2, 0.25) is 0 Å². The molecule has 0 saturated carbocycles. The SMILES string of the molecule is Cc1ncc2c(n1)C(CN)CCC2. The lowest BCUT2D eigenvalue weighted by Crippen LogP contribution is -2.20. The van der Waals surface area contributed by atoms with Crippen molar-refractivity contribution in [2.45, 2.75) is 32.1 Å². The first-order valence-corrected chi connectivity index (χ1v) is 4.83. The fraction of sp³-hybridized carbons (Fsp3) is 0.600. The summed E-state index contributed by atoms with van der Waals surface area (Å²) >= 11 is 0. The van der Waals surface area contributed by atoms with E-state index in [2.05, 4.69) is 9.97 Å². The molecule has 0 spiro atoms. The molecule has 0 saturated heterocycles. The zero-order valence-electron chi connectivity index (χ0n) is 7.95. The summed E-state index contributed by atoms with van der Waals surface area (Å²) in [6.45, 7) is 2.64. The highest BCUT2D eigenvalue weighted by molar-refractivity contribution is 5.24. The molecular formula is C10H15N3. The molecule has 70 valence electrons. The molecule has 2 rings (SSSR count). The summed E-state index contributed by atoms with van der Waals surface area (Å²) in [7, 11) is 0. The van der Waals surface area contributed by atoms with Crippen LogP contribution >= 0.6 is 0 Å². The van der Waals surface area contributed by atoms with Crippen LogP contribution in [0.25, 0.3) is 0 Å². The van der Waals surface area contributed by atoms with Gasteiger partial charge in [0.25, 0.3) is 0 Å². The Bertz CT molecular complexity index is 309. The first-order valence-electron chi connectivity index (χ1n) is 4.83. The molecule has 0 radical (unpaired) electrons. The Labute approximate surface area is 78.4 Å². The van der Waals surface area contributed by atoms with Crippen LogP contribution in [0.4, 0.5) is 0 Å². The van der Waals surface area contributed by atoms with E-state index in [0.717, 1.165) is 12.2 Å². The Morgan fingerprint density at radius 3 is 3.23 bits per heavy atom. The summed E-state index contributed by atoms with van der Waals surface area (Å²) < 4.78 is 0. The van der Waals surface area contributed by atoms with Crippen molar-refractivity contribution < 1.29 is 0 Å². The molecule has 0 bridgehead atoms. The van der Waals surface area contributed by atoms with Crippen molar-refractivity contribution in [3.05, 3.63) is 23.3 Å². The molecule has 3 heteroatoms. The Morgan fingerprint density at radius 1 is 1.62 bits per heavy atom. The number of hydrogen-bond donors (Lipinski definition) is 1. The van der Waals surface area contributed by atoms with Crippen LogP contribution in [0.2, 0.25) is 0 Å². The van der Waals surface area contributed by atoms with E-state index in [9.17, 15) is 0 Å². The minimum atomic E-state index is 0.463. The van der Waals surface area contributed by atoms with Gasteiger partial charge in [-0.2, -0.15) is 0 Å². The Hall–Kier alpha value is -0.960. The topological polar surface area (TPSA) is 51.8 Å². The first kappa shape index (κ1) is 8.63. The molecule has 1 aromatic heterocycles. The zero-order valence-corrected chi connectivity index (χ0v) is 7.95. The third-order valence-corrected chi connectivity index (χ3v) is 2.69. The van der Waals surface area contributed by atoms with Gasteiger partial charge in [-0.05, 0) is 31.7 Å². The lowest BCUT2D eigenvalue weighted by molar-refractivity contribution is 0.540. The average molecular weight is 177 g/mol. The summed E-state index contributed by atoms with van der Waals surface area (Å²) in [5.41, 5.74) is 8.20. The summed E-state index contributed by atoms with van der Waals surface area (Å²) in [5, 5.41) is 0. The zero-order chi connectivity index (χ0) is 9.26. The van der Waals surface area contributed by atoms with Crippen LogP contribution in [-0.2, 0) is 6.42 Å². The second kappa shape index (κ2) is 3.42. The number of aromatic nitrogens is 2. The summed E-state index contributed by atoms with van der Waals surface area (Å²) in [6, 6.07) is 0. The van der Waals surface area contributed by atoms with Crippen molar-refractivity contribution in [3.63, 3.8) is 0 Å². The lowest BCUT2D eigenvalue weighted by atomic mass is 9.87. The van der Waals surface area contributed by atoms with Gasteiger partial charge >= 0.3 is 0 Å². The van der Waals surface area contributed by atoms with E-state index in [1.165, 1.54) is 24.1 Å². The van der Waals surface area contributed by atoms with Gasteiger partial charge in [-0.3, -0.25) is 0 Å². The maximum absolute atomic E-state index is 5.71. The van der Waals surface area contributed by atoms with Gasteiger partial charge in [-0.25, -0.2) is 9.97 Å². The Morgan fingerprint density at radius 2 is 2.46 bits per heavy atom. The van der Waals surface area contributed by atoms with Gasteiger partial charge in [-0.1, -0.05) is 0 Å². The fourth-order valence-electron chi connectivity index (χ4n) is 1.96. The van der Waals surface area contributed by atoms with E-state index >= 15 is 0 Å². The Kier molecular flexibility index (Phi) is 2.27. The van der Waals surface area contributed by atoms with Crippen molar-refractivity contribution in [2.75, 3.05) is 6.54 Å². The molecule has 1 atom stereocenters. The average Bonchev–Trinajstić information content (AvgIpc) is 2.17. The van der Waals surface area contributed by atoms with E-state index < -0.39 is 0 Å². The van der Waals surface area contributed by atoms with E-state index in [1.54, 1.807) is 0 Å². The molecule has 0 aromatic carbocycles. The van der Waals surface area contributed by atoms with Crippen LogP contribution in [0.5, 0.6) is 0 Å². The predicted octanol–water partition coefficient (Wildman–Crippen LogP) is 1.16. The first-order chi connectivity index (χ1) is 6.31. The number of aryl methyl sites for hydroxylation is 2. The van der Waals surface area contributed by atoms with E-state index in [-0.39, 0.29) is 0 Å². The quantitative estimate of drug-likeness (QED) is 0.700. The molecule has 1 unspecified atom stereocenters. The molecule has 2 N–H and O–H groups in total. The number of hydrogen-bond acceptors (Lipinski definition) is 3. The van der Waals surface area contributed by atoms with Gasteiger partial charge < -0.3 is 5.73 Å². The molecule has 1 aromatic rings. The molecule has 0 fully saturated rings. The van der Waals surface area contributed by atoms with Crippen LogP contribution in [0, 0.1) is 6.92 Å². The number of fused-ring (bicyclic) bond motifs is 1. The normalized spacial score (nSPS) is 21.2. The van der Waals surface area contributed by atoms with E-state index in [1.807, 2.05) is 13.1 Å². The molecule has 13 heavy (non-hydrogen) atoms. The molecule has 1 aliphatic rings. The highest BCUT2D eigenvalue weighted by Gasteiger charge is 2.20. The maximum Gasteiger partial charge on any atom is 0.125 e. The smallest absolute Gasteiger partial charge is 0.125 e. The molecular weight excluding hydrogens is 162 g/mol. The molecule has 0 aliphatic heterocycles. The molecule has 1 heterocycles. The van der Waals surface area contributed by atoms with Crippen molar-refractivity contribution in [2.24, 2.45) is 5.73 Å².